The average Bonchev–Trinajstić information content (AvgIpc) is 2.71. The van der Waals surface area contributed by atoms with Gasteiger partial charge in [-0.15, -0.1) is 5.10 Å². The van der Waals surface area contributed by atoms with E-state index in [-0.39, 0.29) is 0 Å². The number of aromatic nitrogens is 3. The molecule has 2 aromatic carbocycles. The normalized spacial score (nSPS) is 10.6. The minimum absolute atomic E-state index is 0.485. The van der Waals surface area contributed by atoms with E-state index in [1.165, 1.54) is 11.3 Å². The second-order valence-electron chi connectivity index (χ2n) is 6.57. The lowest BCUT2D eigenvalue weighted by Gasteiger charge is -2.22. The molecule has 0 spiro atoms. The van der Waals surface area contributed by atoms with Crippen molar-refractivity contribution in [2.75, 3.05) is 34.8 Å². The van der Waals surface area contributed by atoms with Gasteiger partial charge in [-0.25, -0.2) is 0 Å². The number of nitrogens with one attached hydrogen (secondary N) is 1. The van der Waals surface area contributed by atoms with E-state index in [0.29, 0.717) is 5.95 Å². The predicted octanol–water partition coefficient (Wildman–Crippen LogP) is 4.93. The maximum Gasteiger partial charge on any atom is 0.249 e. The van der Waals surface area contributed by atoms with Gasteiger partial charge in [-0.05, 0) is 69.7 Å². The highest BCUT2D eigenvalue weighted by Gasteiger charge is 2.11. The molecular formula is C22H28N6. The van der Waals surface area contributed by atoms with Crippen molar-refractivity contribution in [3.8, 4) is 0 Å². The Balaban J connectivity index is 1.79. The Morgan fingerprint density at radius 1 is 0.893 bits per heavy atom. The fourth-order valence-corrected chi connectivity index (χ4v) is 3.22. The van der Waals surface area contributed by atoms with Gasteiger partial charge in [0.25, 0.3) is 0 Å². The number of benzene rings is 2. The van der Waals surface area contributed by atoms with Gasteiger partial charge in [0.2, 0.25) is 5.95 Å². The molecule has 0 bridgehead atoms. The highest BCUT2D eigenvalue weighted by Crippen LogP contribution is 2.25. The first-order valence-electron chi connectivity index (χ1n) is 9.80. The van der Waals surface area contributed by atoms with Crippen LogP contribution in [0.5, 0.6) is 0 Å². The highest BCUT2D eigenvalue weighted by atomic mass is 15.3. The predicted molar refractivity (Wildman–Crippen MR) is 117 cm³/mol. The summed E-state index contributed by atoms with van der Waals surface area (Å²) in [5.74, 6) is 1.25. The third-order valence-corrected chi connectivity index (χ3v) is 4.70. The summed E-state index contributed by atoms with van der Waals surface area (Å²) in [6.07, 6.45) is 1.69. The van der Waals surface area contributed by atoms with E-state index in [9.17, 15) is 0 Å². The molecule has 146 valence electrons. The van der Waals surface area contributed by atoms with E-state index >= 15 is 0 Å². The second kappa shape index (κ2) is 9.17. The Bertz CT molecular complexity index is 890. The lowest BCUT2D eigenvalue weighted by atomic mass is 10.2. The number of anilines is 5. The standard InChI is InChI=1S/C22H28N6/c1-5-27(6-2)19-13-11-18(12-14-19)24-22-25-21(16-23-26-22)28(7-3)20-10-8-9-17(4)15-20/h8-16H,5-7H2,1-4H3,(H,24,25,26). The lowest BCUT2D eigenvalue weighted by molar-refractivity contribution is 0.866. The number of hydrogen-bond acceptors (Lipinski definition) is 6. The molecule has 0 fully saturated rings. The SMILES string of the molecule is CCN(CC)c1ccc(Nc2nncc(N(CC)c3cccc(C)c3)n2)cc1. The van der Waals surface area contributed by atoms with Crippen LogP contribution in [0.25, 0.3) is 0 Å². The Labute approximate surface area is 167 Å². The molecule has 1 aromatic heterocycles. The van der Waals surface area contributed by atoms with E-state index in [2.05, 4.69) is 94.4 Å². The van der Waals surface area contributed by atoms with Crippen molar-refractivity contribution in [1.29, 1.82) is 0 Å². The molecule has 0 saturated heterocycles. The van der Waals surface area contributed by atoms with E-state index in [1.54, 1.807) is 6.20 Å². The summed E-state index contributed by atoms with van der Waals surface area (Å²) in [4.78, 5) is 9.10. The molecule has 28 heavy (non-hydrogen) atoms. The number of rotatable bonds is 8. The molecule has 0 saturated carbocycles. The number of nitrogens with zero attached hydrogens (tertiary/aromatic N) is 5. The van der Waals surface area contributed by atoms with Crippen LogP contribution in [0.3, 0.4) is 0 Å². The summed E-state index contributed by atoms with van der Waals surface area (Å²) < 4.78 is 0. The van der Waals surface area contributed by atoms with Crippen LogP contribution in [0.4, 0.5) is 28.8 Å². The molecule has 3 aromatic rings. The smallest absolute Gasteiger partial charge is 0.249 e. The first-order chi connectivity index (χ1) is 13.6. The van der Waals surface area contributed by atoms with E-state index in [1.807, 2.05) is 12.1 Å². The van der Waals surface area contributed by atoms with Crippen molar-refractivity contribution < 1.29 is 0 Å². The van der Waals surface area contributed by atoms with Crippen molar-refractivity contribution in [3.63, 3.8) is 0 Å². The number of aryl methyl sites for hydroxylation is 1. The zero-order valence-corrected chi connectivity index (χ0v) is 17.1. The maximum absolute atomic E-state index is 4.67. The summed E-state index contributed by atoms with van der Waals surface area (Å²) >= 11 is 0. The average molecular weight is 377 g/mol. The molecule has 0 aliphatic carbocycles. The van der Waals surface area contributed by atoms with Gasteiger partial charge in [0.05, 0.1) is 6.20 Å². The van der Waals surface area contributed by atoms with Crippen LogP contribution in [-0.4, -0.2) is 34.8 Å². The van der Waals surface area contributed by atoms with Gasteiger partial charge in [-0.1, -0.05) is 12.1 Å². The van der Waals surface area contributed by atoms with Crippen molar-refractivity contribution in [2.24, 2.45) is 0 Å². The fraction of sp³-hybridized carbons (Fsp3) is 0.318. The van der Waals surface area contributed by atoms with Gasteiger partial charge in [0.1, 0.15) is 0 Å². The third kappa shape index (κ3) is 4.57. The summed E-state index contributed by atoms with van der Waals surface area (Å²) in [6, 6.07) is 16.7. The zero-order chi connectivity index (χ0) is 19.9. The van der Waals surface area contributed by atoms with Crippen LogP contribution in [0.1, 0.15) is 26.3 Å². The van der Waals surface area contributed by atoms with Gasteiger partial charge < -0.3 is 15.1 Å². The topological polar surface area (TPSA) is 57.2 Å². The van der Waals surface area contributed by atoms with Gasteiger partial charge in [-0.3, -0.25) is 0 Å². The van der Waals surface area contributed by atoms with Gasteiger partial charge in [-0.2, -0.15) is 10.1 Å². The molecule has 0 radical (unpaired) electrons. The quantitative estimate of drug-likeness (QED) is 0.602. The summed E-state index contributed by atoms with van der Waals surface area (Å²) in [7, 11) is 0. The first-order valence-corrected chi connectivity index (χ1v) is 9.80. The summed E-state index contributed by atoms with van der Waals surface area (Å²) in [5, 5.41) is 11.5. The molecule has 1 heterocycles. The van der Waals surface area contributed by atoms with Crippen molar-refractivity contribution in [2.45, 2.75) is 27.7 Å². The molecule has 0 aliphatic rings. The molecule has 0 amide bonds. The highest BCUT2D eigenvalue weighted by molar-refractivity contribution is 5.63. The van der Waals surface area contributed by atoms with Crippen molar-refractivity contribution >= 4 is 28.8 Å². The van der Waals surface area contributed by atoms with Crippen LogP contribution >= 0.6 is 0 Å². The van der Waals surface area contributed by atoms with Crippen LogP contribution < -0.4 is 15.1 Å². The maximum atomic E-state index is 4.67. The van der Waals surface area contributed by atoms with Crippen molar-refractivity contribution in [1.82, 2.24) is 15.2 Å². The summed E-state index contributed by atoms with van der Waals surface area (Å²) in [5.41, 5.74) is 4.45. The third-order valence-electron chi connectivity index (χ3n) is 4.70. The van der Waals surface area contributed by atoms with Gasteiger partial charge in [0.15, 0.2) is 5.82 Å². The molecule has 0 atom stereocenters. The van der Waals surface area contributed by atoms with E-state index in [4.69, 9.17) is 0 Å². The number of hydrogen-bond donors (Lipinski definition) is 1. The van der Waals surface area contributed by atoms with Gasteiger partial charge >= 0.3 is 0 Å². The van der Waals surface area contributed by atoms with E-state index < -0.39 is 0 Å². The second-order valence-corrected chi connectivity index (χ2v) is 6.57. The monoisotopic (exact) mass is 376 g/mol. The molecule has 1 N–H and O–H groups in total. The summed E-state index contributed by atoms with van der Waals surface area (Å²) in [6.45, 7) is 11.3. The van der Waals surface area contributed by atoms with Crippen LogP contribution in [0.15, 0.2) is 54.7 Å². The van der Waals surface area contributed by atoms with Crippen LogP contribution in [0, 0.1) is 6.92 Å². The van der Waals surface area contributed by atoms with Gasteiger partial charge in [0, 0.05) is 36.7 Å². The molecule has 0 unspecified atom stereocenters. The zero-order valence-electron chi connectivity index (χ0n) is 17.1. The Kier molecular flexibility index (Phi) is 6.42. The van der Waals surface area contributed by atoms with Crippen LogP contribution in [-0.2, 0) is 0 Å². The minimum Gasteiger partial charge on any atom is -0.372 e. The molecule has 6 heteroatoms. The fourth-order valence-electron chi connectivity index (χ4n) is 3.22. The first kappa shape index (κ1) is 19.6. The molecular weight excluding hydrogens is 348 g/mol. The molecule has 6 nitrogen and oxygen atoms in total. The molecule has 0 aliphatic heterocycles. The largest absolute Gasteiger partial charge is 0.372 e. The lowest BCUT2D eigenvalue weighted by Crippen LogP contribution is -2.21. The van der Waals surface area contributed by atoms with E-state index in [0.717, 1.165) is 36.8 Å². The van der Waals surface area contributed by atoms with Crippen LogP contribution in [0.2, 0.25) is 0 Å². The Morgan fingerprint density at radius 2 is 1.64 bits per heavy atom. The molecule has 3 rings (SSSR count). The Morgan fingerprint density at radius 3 is 2.29 bits per heavy atom. The minimum atomic E-state index is 0.485. The van der Waals surface area contributed by atoms with Crippen molar-refractivity contribution in [3.05, 3.63) is 60.3 Å². The Hall–Kier alpha value is -3.15.